The summed E-state index contributed by atoms with van der Waals surface area (Å²) in [5.74, 6) is 0.777. The highest BCUT2D eigenvalue weighted by molar-refractivity contribution is 9.09. The van der Waals surface area contributed by atoms with Crippen molar-refractivity contribution in [3.8, 4) is 0 Å². The SMILES string of the molecule is Cc1ncoc1C(=O)NCCCC(C)CBr. The van der Waals surface area contributed by atoms with E-state index in [9.17, 15) is 4.79 Å². The lowest BCUT2D eigenvalue weighted by atomic mass is 10.1. The van der Waals surface area contributed by atoms with Crippen molar-refractivity contribution in [1.29, 1.82) is 0 Å². The first-order valence-electron chi connectivity index (χ1n) is 5.39. The number of hydrogen-bond donors (Lipinski definition) is 1. The van der Waals surface area contributed by atoms with Gasteiger partial charge in [-0.3, -0.25) is 4.79 Å². The summed E-state index contributed by atoms with van der Waals surface area (Å²) in [6.45, 7) is 4.61. The van der Waals surface area contributed by atoms with E-state index < -0.39 is 0 Å². The highest BCUT2D eigenvalue weighted by atomic mass is 79.9. The summed E-state index contributed by atoms with van der Waals surface area (Å²) >= 11 is 3.43. The van der Waals surface area contributed by atoms with E-state index in [1.165, 1.54) is 6.39 Å². The van der Waals surface area contributed by atoms with Crippen LogP contribution in [0.2, 0.25) is 0 Å². The zero-order valence-corrected chi connectivity index (χ0v) is 11.2. The molecule has 0 aliphatic heterocycles. The van der Waals surface area contributed by atoms with Gasteiger partial charge in [-0.05, 0) is 25.7 Å². The molecule has 0 saturated heterocycles. The average Bonchev–Trinajstić information content (AvgIpc) is 2.70. The summed E-state index contributed by atoms with van der Waals surface area (Å²) in [7, 11) is 0. The molecule has 0 saturated carbocycles. The van der Waals surface area contributed by atoms with Crippen LogP contribution in [-0.2, 0) is 0 Å². The minimum atomic E-state index is -0.179. The number of carbonyl (C=O) groups is 1. The lowest BCUT2D eigenvalue weighted by Gasteiger charge is -2.07. The number of nitrogens with one attached hydrogen (secondary N) is 1. The van der Waals surface area contributed by atoms with Crippen molar-refractivity contribution in [2.24, 2.45) is 5.92 Å². The van der Waals surface area contributed by atoms with Crippen molar-refractivity contribution in [2.75, 3.05) is 11.9 Å². The van der Waals surface area contributed by atoms with Gasteiger partial charge in [-0.2, -0.15) is 0 Å². The van der Waals surface area contributed by atoms with Gasteiger partial charge < -0.3 is 9.73 Å². The topological polar surface area (TPSA) is 55.1 Å². The molecule has 1 atom stereocenters. The Hall–Kier alpha value is -0.840. The fourth-order valence-corrected chi connectivity index (χ4v) is 1.65. The van der Waals surface area contributed by atoms with Crippen molar-refractivity contribution in [1.82, 2.24) is 10.3 Å². The smallest absolute Gasteiger partial charge is 0.288 e. The minimum Gasteiger partial charge on any atom is -0.438 e. The highest BCUT2D eigenvalue weighted by Gasteiger charge is 2.12. The lowest BCUT2D eigenvalue weighted by molar-refractivity contribution is 0.0924. The first kappa shape index (κ1) is 13.2. The summed E-state index contributed by atoms with van der Waals surface area (Å²) in [5.41, 5.74) is 0.631. The van der Waals surface area contributed by atoms with E-state index >= 15 is 0 Å². The third kappa shape index (κ3) is 3.96. The molecule has 1 aromatic rings. The second-order valence-electron chi connectivity index (χ2n) is 3.92. The molecule has 1 rings (SSSR count). The number of carbonyl (C=O) groups excluding carboxylic acids is 1. The predicted molar refractivity (Wildman–Crippen MR) is 65.8 cm³/mol. The molecule has 1 unspecified atom stereocenters. The molecule has 0 aliphatic carbocycles. The number of oxazole rings is 1. The molecule has 0 spiro atoms. The van der Waals surface area contributed by atoms with Crippen molar-refractivity contribution in [3.63, 3.8) is 0 Å². The minimum absolute atomic E-state index is 0.179. The second-order valence-corrected chi connectivity index (χ2v) is 4.57. The quantitative estimate of drug-likeness (QED) is 0.646. The summed E-state index contributed by atoms with van der Waals surface area (Å²) in [6.07, 6.45) is 3.36. The second kappa shape index (κ2) is 6.68. The van der Waals surface area contributed by atoms with E-state index in [1.807, 2.05) is 0 Å². The van der Waals surface area contributed by atoms with Crippen LogP contribution in [0.5, 0.6) is 0 Å². The molecule has 4 nitrogen and oxygen atoms in total. The molecule has 1 amide bonds. The molecule has 5 heteroatoms. The van der Waals surface area contributed by atoms with Crippen LogP contribution in [-0.4, -0.2) is 22.8 Å². The van der Waals surface area contributed by atoms with Gasteiger partial charge in [0, 0.05) is 11.9 Å². The van der Waals surface area contributed by atoms with Crippen LogP contribution in [0.4, 0.5) is 0 Å². The number of rotatable bonds is 6. The Balaban J connectivity index is 2.24. The van der Waals surface area contributed by atoms with Gasteiger partial charge in [-0.15, -0.1) is 0 Å². The van der Waals surface area contributed by atoms with Crippen LogP contribution in [0.25, 0.3) is 0 Å². The zero-order chi connectivity index (χ0) is 12.0. The number of amides is 1. The Morgan fingerprint density at radius 2 is 2.44 bits per heavy atom. The fourth-order valence-electron chi connectivity index (χ4n) is 1.33. The largest absolute Gasteiger partial charge is 0.438 e. The molecule has 90 valence electrons. The Morgan fingerprint density at radius 1 is 1.69 bits per heavy atom. The number of nitrogens with zero attached hydrogens (tertiary/aromatic N) is 1. The van der Waals surface area contributed by atoms with Crippen molar-refractivity contribution >= 4 is 21.8 Å². The summed E-state index contributed by atoms with van der Waals surface area (Å²) in [6, 6.07) is 0. The summed E-state index contributed by atoms with van der Waals surface area (Å²) in [4.78, 5) is 15.5. The maximum absolute atomic E-state index is 11.6. The van der Waals surface area contributed by atoms with Gasteiger partial charge in [0.25, 0.3) is 5.91 Å². The normalized spacial score (nSPS) is 12.4. The Labute approximate surface area is 104 Å². The average molecular weight is 289 g/mol. The Kier molecular flexibility index (Phi) is 5.52. The van der Waals surface area contributed by atoms with Crippen LogP contribution in [0, 0.1) is 12.8 Å². The van der Waals surface area contributed by atoms with Gasteiger partial charge in [0.15, 0.2) is 6.39 Å². The van der Waals surface area contributed by atoms with Crippen LogP contribution < -0.4 is 5.32 Å². The van der Waals surface area contributed by atoms with E-state index in [2.05, 4.69) is 33.2 Å². The first-order chi connectivity index (χ1) is 7.65. The number of halogens is 1. The Morgan fingerprint density at radius 3 is 3.00 bits per heavy atom. The van der Waals surface area contributed by atoms with Crippen molar-refractivity contribution in [2.45, 2.75) is 26.7 Å². The van der Waals surface area contributed by atoms with Crippen molar-refractivity contribution < 1.29 is 9.21 Å². The standard InChI is InChI=1S/C11H17BrN2O2/c1-8(6-12)4-3-5-13-11(15)10-9(2)14-7-16-10/h7-8H,3-6H2,1-2H3,(H,13,15). The highest BCUT2D eigenvalue weighted by Crippen LogP contribution is 2.08. The Bertz CT molecular complexity index is 338. The van der Waals surface area contributed by atoms with Crippen LogP contribution in [0.1, 0.15) is 36.0 Å². The number of aromatic nitrogens is 1. The fraction of sp³-hybridized carbons (Fsp3) is 0.636. The molecule has 0 aliphatic rings. The van der Waals surface area contributed by atoms with Gasteiger partial charge >= 0.3 is 0 Å². The lowest BCUT2D eigenvalue weighted by Crippen LogP contribution is -2.25. The number of hydrogen-bond acceptors (Lipinski definition) is 3. The van der Waals surface area contributed by atoms with Gasteiger partial charge in [0.2, 0.25) is 5.76 Å². The summed E-state index contributed by atoms with van der Waals surface area (Å²) < 4.78 is 4.99. The number of aryl methyl sites for hydroxylation is 1. The third-order valence-corrected chi connectivity index (χ3v) is 3.48. The molecular formula is C11H17BrN2O2. The van der Waals surface area contributed by atoms with Gasteiger partial charge in [-0.25, -0.2) is 4.98 Å². The number of alkyl halides is 1. The van der Waals surface area contributed by atoms with Crippen LogP contribution in [0.15, 0.2) is 10.8 Å². The van der Waals surface area contributed by atoms with E-state index in [0.717, 1.165) is 18.2 Å². The first-order valence-corrected chi connectivity index (χ1v) is 6.51. The maximum atomic E-state index is 11.6. The predicted octanol–water partition coefficient (Wildman–Crippen LogP) is 2.52. The monoisotopic (exact) mass is 288 g/mol. The van der Waals surface area contributed by atoms with E-state index in [4.69, 9.17) is 4.42 Å². The molecule has 0 bridgehead atoms. The van der Waals surface area contributed by atoms with Crippen LogP contribution >= 0.6 is 15.9 Å². The van der Waals surface area contributed by atoms with Gasteiger partial charge in [-0.1, -0.05) is 22.9 Å². The van der Waals surface area contributed by atoms with E-state index in [1.54, 1.807) is 6.92 Å². The zero-order valence-electron chi connectivity index (χ0n) is 9.62. The molecule has 16 heavy (non-hydrogen) atoms. The molecule has 1 heterocycles. The maximum Gasteiger partial charge on any atom is 0.288 e. The molecule has 1 aromatic heterocycles. The van der Waals surface area contributed by atoms with Crippen molar-refractivity contribution in [3.05, 3.63) is 17.8 Å². The third-order valence-electron chi connectivity index (χ3n) is 2.37. The van der Waals surface area contributed by atoms with E-state index in [-0.39, 0.29) is 5.91 Å². The molecule has 0 radical (unpaired) electrons. The van der Waals surface area contributed by atoms with Gasteiger partial charge in [0.05, 0.1) is 5.69 Å². The molecule has 0 aromatic carbocycles. The molecule has 0 fully saturated rings. The summed E-state index contributed by atoms with van der Waals surface area (Å²) in [5, 5.41) is 3.82. The van der Waals surface area contributed by atoms with E-state index in [0.29, 0.717) is 23.9 Å². The van der Waals surface area contributed by atoms with Crippen LogP contribution in [0.3, 0.4) is 0 Å². The van der Waals surface area contributed by atoms with Gasteiger partial charge in [0.1, 0.15) is 0 Å². The molecule has 1 N–H and O–H groups in total. The molecular weight excluding hydrogens is 272 g/mol.